The van der Waals surface area contributed by atoms with Gasteiger partial charge >= 0.3 is 0 Å². The van der Waals surface area contributed by atoms with Gasteiger partial charge in [0.25, 0.3) is 0 Å². The van der Waals surface area contributed by atoms with Crippen molar-refractivity contribution in [2.45, 2.75) is 79.3 Å². The van der Waals surface area contributed by atoms with Crippen molar-refractivity contribution in [3.63, 3.8) is 0 Å². The molecule has 1 aliphatic rings. The van der Waals surface area contributed by atoms with Gasteiger partial charge < -0.3 is 16.4 Å². The summed E-state index contributed by atoms with van der Waals surface area (Å²) < 4.78 is 0. The Morgan fingerprint density at radius 1 is 1.12 bits per heavy atom. The normalized spacial score (nSPS) is 16.3. The van der Waals surface area contributed by atoms with Gasteiger partial charge in [0.2, 0.25) is 11.8 Å². The smallest absolute Gasteiger partial charge is 0.240 e. The zero-order chi connectivity index (χ0) is 24.3. The van der Waals surface area contributed by atoms with Crippen LogP contribution in [0.15, 0.2) is 24.3 Å². The Kier molecular flexibility index (Phi) is 7.58. The topological polar surface area (TPSA) is 102 Å². The Labute approximate surface area is 197 Å². The molecule has 33 heavy (non-hydrogen) atoms. The van der Waals surface area contributed by atoms with Gasteiger partial charge in [-0.1, -0.05) is 57.5 Å². The first-order valence-electron chi connectivity index (χ1n) is 11.9. The number of carbonyl (C=O) groups is 2. The van der Waals surface area contributed by atoms with Crippen molar-refractivity contribution in [3.05, 3.63) is 52.3 Å². The molecule has 1 aromatic heterocycles. The molecule has 0 bridgehead atoms. The minimum absolute atomic E-state index is 0.0497. The number of hydrogen-bond acceptors (Lipinski definition) is 4. The summed E-state index contributed by atoms with van der Waals surface area (Å²) >= 11 is 0. The molecule has 3 rings (SSSR count). The van der Waals surface area contributed by atoms with E-state index in [0.717, 1.165) is 46.5 Å². The zero-order valence-corrected chi connectivity index (χ0v) is 20.7. The van der Waals surface area contributed by atoms with Crippen molar-refractivity contribution < 1.29 is 9.59 Å². The van der Waals surface area contributed by atoms with E-state index < -0.39 is 11.9 Å². The average molecular weight is 451 g/mol. The van der Waals surface area contributed by atoms with Gasteiger partial charge in [-0.2, -0.15) is 0 Å². The summed E-state index contributed by atoms with van der Waals surface area (Å²) in [5.74, 6) is -0.510. The number of nitrogens with zero attached hydrogens (tertiary/aromatic N) is 2. The molecule has 1 aromatic carbocycles. The van der Waals surface area contributed by atoms with Crippen molar-refractivity contribution in [1.82, 2.24) is 9.88 Å². The highest BCUT2D eigenvalue weighted by Crippen LogP contribution is 2.35. The largest absolute Gasteiger partial charge is 0.368 e. The van der Waals surface area contributed by atoms with Gasteiger partial charge in [-0.25, -0.2) is 0 Å². The Morgan fingerprint density at radius 2 is 1.79 bits per heavy atom. The van der Waals surface area contributed by atoms with E-state index >= 15 is 0 Å². The second-order valence-electron chi connectivity index (χ2n) is 10.3. The minimum Gasteiger partial charge on any atom is -0.368 e. The lowest BCUT2D eigenvalue weighted by Gasteiger charge is -2.27. The highest BCUT2D eigenvalue weighted by atomic mass is 16.2. The summed E-state index contributed by atoms with van der Waals surface area (Å²) in [6.45, 7) is 11.6. The maximum absolute atomic E-state index is 13.4. The molecule has 1 saturated heterocycles. The Balaban J connectivity index is 2.17. The maximum Gasteiger partial charge on any atom is 0.240 e. The summed E-state index contributed by atoms with van der Waals surface area (Å²) in [5, 5.41) is 0. The highest BCUT2D eigenvalue weighted by Gasteiger charge is 2.33. The van der Waals surface area contributed by atoms with Crippen molar-refractivity contribution >= 4 is 11.8 Å². The molecule has 6 heteroatoms. The first kappa shape index (κ1) is 24.9. The number of nitrogens with two attached hydrogens (primary N) is 2. The number of hydrogen-bond donors (Lipinski definition) is 2. The number of pyridine rings is 1. The minimum atomic E-state index is -0.521. The van der Waals surface area contributed by atoms with E-state index in [1.807, 2.05) is 0 Å². The van der Waals surface area contributed by atoms with Crippen molar-refractivity contribution in [2.24, 2.45) is 16.9 Å². The summed E-state index contributed by atoms with van der Waals surface area (Å²) in [6.07, 6.45) is 3.12. The second kappa shape index (κ2) is 10.0. The third kappa shape index (κ3) is 5.61. The monoisotopic (exact) mass is 450 g/mol. The van der Waals surface area contributed by atoms with E-state index in [1.165, 1.54) is 5.56 Å². The van der Waals surface area contributed by atoms with Crippen LogP contribution in [0, 0.1) is 12.3 Å². The van der Waals surface area contributed by atoms with Crippen LogP contribution in [0.4, 0.5) is 0 Å². The van der Waals surface area contributed by atoms with Crippen molar-refractivity contribution in [3.8, 4) is 11.1 Å². The van der Waals surface area contributed by atoms with Crippen LogP contribution in [-0.4, -0.2) is 34.3 Å². The molecule has 0 unspecified atom stereocenters. The number of aromatic nitrogens is 1. The molecule has 0 aliphatic carbocycles. The van der Waals surface area contributed by atoms with E-state index in [0.29, 0.717) is 25.9 Å². The summed E-state index contributed by atoms with van der Waals surface area (Å²) in [4.78, 5) is 32.0. The molecule has 1 aliphatic heterocycles. The lowest BCUT2D eigenvalue weighted by atomic mass is 9.84. The van der Waals surface area contributed by atoms with Gasteiger partial charge in [-0.3, -0.25) is 14.6 Å². The van der Waals surface area contributed by atoms with E-state index in [1.54, 1.807) is 4.90 Å². The van der Waals surface area contributed by atoms with Crippen LogP contribution >= 0.6 is 0 Å². The standard InChI is InChI=1S/C27H38N4O2/c1-6-21-19(14-24(32)31-13-7-8-23(31)26(29)33)25(18-11-9-17(2)10-12-18)20(16-28)22(30-21)15-27(3,4)5/h9-12,23H,6-8,13-16,28H2,1-5H3,(H2,29,33)/t23-/m0/s1. The van der Waals surface area contributed by atoms with E-state index in [2.05, 4.69) is 58.9 Å². The fourth-order valence-electron chi connectivity index (χ4n) is 4.80. The lowest BCUT2D eigenvalue weighted by Crippen LogP contribution is -2.44. The van der Waals surface area contributed by atoms with Crippen LogP contribution in [0.5, 0.6) is 0 Å². The van der Waals surface area contributed by atoms with Crippen LogP contribution in [0.3, 0.4) is 0 Å². The average Bonchev–Trinajstić information content (AvgIpc) is 3.24. The molecule has 2 heterocycles. The molecule has 0 radical (unpaired) electrons. The van der Waals surface area contributed by atoms with Crippen LogP contribution in [0.1, 0.15) is 68.6 Å². The number of primary amides is 1. The molecule has 6 nitrogen and oxygen atoms in total. The number of aryl methyl sites for hydroxylation is 2. The second-order valence-corrected chi connectivity index (χ2v) is 10.3. The fourth-order valence-corrected chi connectivity index (χ4v) is 4.80. The van der Waals surface area contributed by atoms with Crippen LogP contribution in [0.2, 0.25) is 0 Å². The number of amides is 2. The number of benzene rings is 1. The van der Waals surface area contributed by atoms with Gasteiger partial charge in [-0.05, 0) is 60.3 Å². The molecule has 178 valence electrons. The van der Waals surface area contributed by atoms with Gasteiger partial charge in [0, 0.05) is 24.5 Å². The van der Waals surface area contributed by atoms with Gasteiger partial charge in [0.1, 0.15) is 6.04 Å². The fraction of sp³-hybridized carbons (Fsp3) is 0.519. The van der Waals surface area contributed by atoms with E-state index in [4.69, 9.17) is 16.5 Å². The first-order valence-corrected chi connectivity index (χ1v) is 11.9. The lowest BCUT2D eigenvalue weighted by molar-refractivity contribution is -0.136. The van der Waals surface area contributed by atoms with Crippen molar-refractivity contribution in [2.75, 3.05) is 6.54 Å². The Bertz CT molecular complexity index is 1020. The number of carbonyl (C=O) groups excluding carboxylic acids is 2. The van der Waals surface area contributed by atoms with Crippen LogP contribution in [-0.2, 0) is 35.4 Å². The van der Waals surface area contributed by atoms with Gasteiger partial charge in [0.05, 0.1) is 6.42 Å². The van der Waals surface area contributed by atoms with Crippen LogP contribution < -0.4 is 11.5 Å². The Morgan fingerprint density at radius 3 is 2.33 bits per heavy atom. The van der Waals surface area contributed by atoms with Gasteiger partial charge in [-0.15, -0.1) is 0 Å². The SMILES string of the molecule is CCc1nc(CC(C)(C)C)c(CN)c(-c2ccc(C)cc2)c1CC(=O)N1CCC[C@H]1C(N)=O. The third-order valence-electron chi connectivity index (χ3n) is 6.38. The summed E-state index contributed by atoms with van der Waals surface area (Å²) in [6, 6.07) is 7.84. The predicted octanol–water partition coefficient (Wildman–Crippen LogP) is 3.69. The van der Waals surface area contributed by atoms with Crippen molar-refractivity contribution in [1.29, 1.82) is 0 Å². The molecule has 1 fully saturated rings. The highest BCUT2D eigenvalue weighted by molar-refractivity contribution is 5.89. The zero-order valence-electron chi connectivity index (χ0n) is 20.7. The molecule has 0 spiro atoms. The third-order valence-corrected chi connectivity index (χ3v) is 6.38. The molecule has 4 N–H and O–H groups in total. The first-order chi connectivity index (χ1) is 15.6. The summed E-state index contributed by atoms with van der Waals surface area (Å²) in [7, 11) is 0. The molecule has 1 atom stereocenters. The molecule has 2 aromatic rings. The number of rotatable bonds is 7. The molecule has 0 saturated carbocycles. The quantitative estimate of drug-likeness (QED) is 0.671. The maximum atomic E-state index is 13.4. The summed E-state index contributed by atoms with van der Waals surface area (Å²) in [5.41, 5.74) is 19.0. The van der Waals surface area contributed by atoms with Crippen LogP contribution in [0.25, 0.3) is 11.1 Å². The van der Waals surface area contributed by atoms with Gasteiger partial charge in [0.15, 0.2) is 0 Å². The van der Waals surface area contributed by atoms with E-state index in [9.17, 15) is 9.59 Å². The predicted molar refractivity (Wildman–Crippen MR) is 132 cm³/mol. The Hall–Kier alpha value is -2.73. The molecule has 2 amide bonds. The molecular formula is C27H38N4O2. The van der Waals surface area contributed by atoms with E-state index in [-0.39, 0.29) is 17.7 Å². The molecular weight excluding hydrogens is 412 g/mol. The number of likely N-dealkylation sites (tertiary alicyclic amines) is 1.